The molecule has 154 valence electrons. The number of piperazine rings is 1. The lowest BCUT2D eigenvalue weighted by atomic mass is 10.1. The summed E-state index contributed by atoms with van der Waals surface area (Å²) in [6, 6.07) is 10.5. The molecule has 1 fully saturated rings. The van der Waals surface area contributed by atoms with Crippen LogP contribution in [0.2, 0.25) is 0 Å². The van der Waals surface area contributed by atoms with Crippen molar-refractivity contribution in [1.29, 1.82) is 0 Å². The number of hydrogen-bond donors (Lipinski definition) is 1. The van der Waals surface area contributed by atoms with Gasteiger partial charge in [0.25, 0.3) is 0 Å². The molecule has 0 spiro atoms. The summed E-state index contributed by atoms with van der Waals surface area (Å²) in [5, 5.41) is 11.6. The highest BCUT2D eigenvalue weighted by molar-refractivity contribution is 7.13. The summed E-state index contributed by atoms with van der Waals surface area (Å²) >= 11 is 1.64. The minimum Gasteiger partial charge on any atom is -0.440 e. The van der Waals surface area contributed by atoms with E-state index in [1.807, 2.05) is 37.4 Å². The van der Waals surface area contributed by atoms with Crippen LogP contribution in [-0.2, 0) is 13.1 Å². The second-order valence-electron chi connectivity index (χ2n) is 7.64. The highest BCUT2D eigenvalue weighted by Gasteiger charge is 2.28. The van der Waals surface area contributed by atoms with Crippen LogP contribution >= 0.6 is 11.3 Å². The van der Waals surface area contributed by atoms with Gasteiger partial charge in [-0.2, -0.15) is 0 Å². The maximum absolute atomic E-state index is 9.59. The normalized spacial score (nSPS) is 18.4. The molecule has 3 aromatic rings. The number of rotatable bonds is 7. The Morgan fingerprint density at radius 3 is 2.79 bits per heavy atom. The van der Waals surface area contributed by atoms with Crippen molar-refractivity contribution in [3.05, 3.63) is 58.6 Å². The summed E-state index contributed by atoms with van der Waals surface area (Å²) in [5.74, 6) is 1.60. The second kappa shape index (κ2) is 9.17. The fourth-order valence-electron chi connectivity index (χ4n) is 3.92. The minimum atomic E-state index is 0.196. The molecule has 6 nitrogen and oxygen atoms in total. The molecular weight excluding hydrogens is 384 g/mol. The van der Waals surface area contributed by atoms with Crippen molar-refractivity contribution in [1.82, 2.24) is 19.8 Å². The van der Waals surface area contributed by atoms with E-state index in [4.69, 9.17) is 9.40 Å². The van der Waals surface area contributed by atoms with Crippen molar-refractivity contribution in [2.24, 2.45) is 0 Å². The van der Waals surface area contributed by atoms with E-state index in [0.717, 1.165) is 66.9 Å². The molecule has 1 N–H and O–H groups in total. The van der Waals surface area contributed by atoms with Gasteiger partial charge in [-0.15, -0.1) is 11.3 Å². The zero-order valence-corrected chi connectivity index (χ0v) is 17.9. The van der Waals surface area contributed by atoms with Crippen molar-refractivity contribution in [3.63, 3.8) is 0 Å². The van der Waals surface area contributed by atoms with E-state index in [0.29, 0.717) is 11.9 Å². The molecule has 4 rings (SSSR count). The molecule has 1 aliphatic rings. The maximum atomic E-state index is 9.59. The number of thiophene rings is 1. The topological polar surface area (TPSA) is 65.6 Å². The highest BCUT2D eigenvalue weighted by Crippen LogP contribution is 2.27. The molecule has 1 unspecified atom stereocenters. The van der Waals surface area contributed by atoms with Crippen LogP contribution in [0.15, 0.2) is 40.1 Å². The summed E-state index contributed by atoms with van der Waals surface area (Å²) in [5.41, 5.74) is 3.14. The van der Waals surface area contributed by atoms with Gasteiger partial charge in [-0.05, 0) is 43.8 Å². The number of hydrogen-bond acceptors (Lipinski definition) is 7. The number of aromatic nitrogens is 2. The Hall–Kier alpha value is -2.06. The molecule has 1 atom stereocenters. The van der Waals surface area contributed by atoms with Crippen LogP contribution < -0.4 is 0 Å². The first-order chi connectivity index (χ1) is 14.1. The van der Waals surface area contributed by atoms with E-state index in [1.165, 1.54) is 0 Å². The van der Waals surface area contributed by atoms with Gasteiger partial charge in [0.1, 0.15) is 5.76 Å². The number of aliphatic hydroxyl groups excluding tert-OH is 1. The lowest BCUT2D eigenvalue weighted by Crippen LogP contribution is -2.52. The third-order valence-electron chi connectivity index (χ3n) is 5.46. The van der Waals surface area contributed by atoms with Gasteiger partial charge in [0.15, 0.2) is 0 Å². The van der Waals surface area contributed by atoms with Gasteiger partial charge in [0.2, 0.25) is 5.89 Å². The van der Waals surface area contributed by atoms with E-state index in [1.54, 1.807) is 11.3 Å². The van der Waals surface area contributed by atoms with E-state index < -0.39 is 0 Å². The molecule has 1 aliphatic heterocycles. The van der Waals surface area contributed by atoms with Gasteiger partial charge < -0.3 is 9.52 Å². The van der Waals surface area contributed by atoms with Gasteiger partial charge in [0, 0.05) is 51.1 Å². The van der Waals surface area contributed by atoms with Crippen molar-refractivity contribution >= 4 is 11.3 Å². The highest BCUT2D eigenvalue weighted by atomic mass is 32.1. The number of nitrogens with zero attached hydrogens (tertiary/aromatic N) is 4. The number of pyridine rings is 1. The number of oxazole rings is 1. The van der Waals surface area contributed by atoms with Gasteiger partial charge in [0.05, 0.1) is 16.3 Å². The van der Waals surface area contributed by atoms with Crippen LogP contribution in [0, 0.1) is 13.8 Å². The van der Waals surface area contributed by atoms with Crippen molar-refractivity contribution in [3.8, 4) is 10.8 Å². The molecule has 1 saturated heterocycles. The van der Waals surface area contributed by atoms with Crippen LogP contribution in [0.3, 0.4) is 0 Å². The summed E-state index contributed by atoms with van der Waals surface area (Å²) in [6.07, 6.45) is 0.764. The molecule has 0 bridgehead atoms. The minimum absolute atomic E-state index is 0.196. The van der Waals surface area contributed by atoms with Gasteiger partial charge in [-0.3, -0.25) is 14.8 Å². The second-order valence-corrected chi connectivity index (χ2v) is 8.59. The molecular formula is C22H28N4O2S. The van der Waals surface area contributed by atoms with Crippen LogP contribution in [0.1, 0.15) is 29.3 Å². The zero-order chi connectivity index (χ0) is 20.2. The largest absolute Gasteiger partial charge is 0.440 e. The molecule has 29 heavy (non-hydrogen) atoms. The Balaban J connectivity index is 1.42. The Kier molecular flexibility index (Phi) is 6.40. The zero-order valence-electron chi connectivity index (χ0n) is 17.0. The lowest BCUT2D eigenvalue weighted by Gasteiger charge is -2.41. The summed E-state index contributed by atoms with van der Waals surface area (Å²) < 4.78 is 5.90. The fraction of sp³-hybridized carbons (Fsp3) is 0.455. The van der Waals surface area contributed by atoms with Crippen molar-refractivity contribution in [2.45, 2.75) is 39.4 Å². The van der Waals surface area contributed by atoms with E-state index in [2.05, 4.69) is 26.9 Å². The third-order valence-corrected chi connectivity index (χ3v) is 6.32. The standard InChI is InChI=1S/C22H28N4O2S/c1-16-5-3-6-18(23-16)13-26-10-9-25(14-19(26)8-11-27)15-20-17(2)28-22(24-20)21-7-4-12-29-21/h3-7,12,19,27H,8-11,13-15H2,1-2H3. The Morgan fingerprint density at radius 1 is 1.14 bits per heavy atom. The summed E-state index contributed by atoms with van der Waals surface area (Å²) in [6.45, 7) is 8.64. The molecule has 0 aromatic carbocycles. The summed E-state index contributed by atoms with van der Waals surface area (Å²) in [4.78, 5) is 15.3. The summed E-state index contributed by atoms with van der Waals surface area (Å²) in [7, 11) is 0. The molecule has 3 aromatic heterocycles. The van der Waals surface area contributed by atoms with Gasteiger partial charge >= 0.3 is 0 Å². The lowest BCUT2D eigenvalue weighted by molar-refractivity contribution is 0.0484. The van der Waals surface area contributed by atoms with E-state index in [9.17, 15) is 5.11 Å². The van der Waals surface area contributed by atoms with Crippen LogP contribution in [0.4, 0.5) is 0 Å². The van der Waals surface area contributed by atoms with E-state index in [-0.39, 0.29) is 6.61 Å². The van der Waals surface area contributed by atoms with E-state index >= 15 is 0 Å². The van der Waals surface area contributed by atoms with Crippen molar-refractivity contribution in [2.75, 3.05) is 26.2 Å². The predicted octanol–water partition coefficient (Wildman–Crippen LogP) is 3.48. The van der Waals surface area contributed by atoms with Crippen LogP contribution in [-0.4, -0.2) is 57.2 Å². The average molecular weight is 413 g/mol. The molecule has 7 heteroatoms. The Morgan fingerprint density at radius 2 is 2.03 bits per heavy atom. The first-order valence-corrected chi connectivity index (χ1v) is 11.0. The Bertz CT molecular complexity index is 925. The quantitative estimate of drug-likeness (QED) is 0.641. The molecule has 0 amide bonds. The predicted molar refractivity (Wildman–Crippen MR) is 115 cm³/mol. The first kappa shape index (κ1) is 20.2. The number of aliphatic hydroxyl groups is 1. The SMILES string of the molecule is Cc1cccc(CN2CCN(Cc3nc(-c4cccs4)oc3C)CC2CCO)n1. The Labute approximate surface area is 175 Å². The molecule has 0 aliphatic carbocycles. The third kappa shape index (κ3) is 4.93. The van der Waals surface area contributed by atoms with Gasteiger partial charge in [-0.25, -0.2) is 4.98 Å². The van der Waals surface area contributed by atoms with Crippen LogP contribution in [0.25, 0.3) is 10.8 Å². The monoisotopic (exact) mass is 412 g/mol. The number of aryl methyl sites for hydroxylation is 2. The van der Waals surface area contributed by atoms with Crippen LogP contribution in [0.5, 0.6) is 0 Å². The van der Waals surface area contributed by atoms with Gasteiger partial charge in [-0.1, -0.05) is 12.1 Å². The fourth-order valence-corrected chi connectivity index (χ4v) is 4.57. The average Bonchev–Trinajstić information content (AvgIpc) is 3.35. The molecule has 0 saturated carbocycles. The maximum Gasteiger partial charge on any atom is 0.236 e. The molecule has 0 radical (unpaired) electrons. The smallest absolute Gasteiger partial charge is 0.236 e. The molecule has 4 heterocycles. The van der Waals surface area contributed by atoms with Crippen molar-refractivity contribution < 1.29 is 9.52 Å². The first-order valence-electron chi connectivity index (χ1n) is 10.1.